The molecule has 1 aliphatic rings. The van der Waals surface area contributed by atoms with Crippen LogP contribution in [0.2, 0.25) is 0 Å². The van der Waals surface area contributed by atoms with Gasteiger partial charge in [0.05, 0.1) is 6.10 Å². The van der Waals surface area contributed by atoms with Crippen LogP contribution in [0.5, 0.6) is 0 Å². The zero-order valence-electron chi connectivity index (χ0n) is 9.41. The van der Waals surface area contributed by atoms with Crippen molar-refractivity contribution in [3.8, 4) is 0 Å². The Hall–Kier alpha value is -0.0800. The van der Waals surface area contributed by atoms with Gasteiger partial charge in [0.15, 0.2) is 0 Å². The Balaban J connectivity index is 2.38. The summed E-state index contributed by atoms with van der Waals surface area (Å²) < 4.78 is 0. The molecular formula is C12H25NO. The van der Waals surface area contributed by atoms with Crippen molar-refractivity contribution in [1.82, 2.24) is 0 Å². The van der Waals surface area contributed by atoms with Crippen LogP contribution in [0.25, 0.3) is 0 Å². The first kappa shape index (κ1) is 12.0. The van der Waals surface area contributed by atoms with Crippen molar-refractivity contribution in [2.45, 2.75) is 58.0 Å². The molecule has 0 aliphatic heterocycles. The molecule has 2 nitrogen and oxygen atoms in total. The van der Waals surface area contributed by atoms with Gasteiger partial charge in [0, 0.05) is 0 Å². The summed E-state index contributed by atoms with van der Waals surface area (Å²) in [6.45, 7) is 2.81. The highest BCUT2D eigenvalue weighted by Crippen LogP contribution is 2.30. The van der Waals surface area contributed by atoms with Gasteiger partial charge in [0.1, 0.15) is 0 Å². The quantitative estimate of drug-likeness (QED) is 0.713. The van der Waals surface area contributed by atoms with Crippen LogP contribution in [-0.2, 0) is 0 Å². The van der Waals surface area contributed by atoms with Gasteiger partial charge >= 0.3 is 0 Å². The zero-order chi connectivity index (χ0) is 10.4. The molecule has 3 N–H and O–H groups in total. The maximum atomic E-state index is 10.2. The summed E-state index contributed by atoms with van der Waals surface area (Å²) in [7, 11) is 0. The molecule has 1 aliphatic carbocycles. The Labute approximate surface area is 87.9 Å². The topological polar surface area (TPSA) is 46.2 Å². The Bertz CT molecular complexity index is 139. The molecule has 0 aromatic heterocycles. The second kappa shape index (κ2) is 6.41. The minimum Gasteiger partial charge on any atom is -0.393 e. The van der Waals surface area contributed by atoms with Crippen LogP contribution in [-0.4, -0.2) is 17.8 Å². The van der Waals surface area contributed by atoms with E-state index in [0.717, 1.165) is 12.8 Å². The largest absolute Gasteiger partial charge is 0.393 e. The molecule has 0 aromatic rings. The summed E-state index contributed by atoms with van der Waals surface area (Å²) in [5.74, 6) is 0.868. The number of aliphatic hydroxyl groups excluding tert-OH is 1. The van der Waals surface area contributed by atoms with E-state index in [9.17, 15) is 5.11 Å². The average Bonchev–Trinajstić information content (AvgIpc) is 2.26. The standard InChI is InChI=1S/C12H25NO/c1-2-6-11(9-13)12(14)10-7-4-3-5-8-10/h10-12,14H,2-9,13H2,1H3. The van der Waals surface area contributed by atoms with Crippen molar-refractivity contribution < 1.29 is 5.11 Å². The fourth-order valence-corrected chi connectivity index (χ4v) is 2.66. The molecule has 0 aromatic carbocycles. The summed E-state index contributed by atoms with van der Waals surface area (Å²) in [4.78, 5) is 0. The minimum absolute atomic E-state index is 0.139. The Morgan fingerprint density at radius 1 is 1.29 bits per heavy atom. The molecule has 14 heavy (non-hydrogen) atoms. The molecule has 0 radical (unpaired) electrons. The molecule has 0 spiro atoms. The predicted molar refractivity (Wildman–Crippen MR) is 60.0 cm³/mol. The molecule has 1 rings (SSSR count). The van der Waals surface area contributed by atoms with Crippen LogP contribution in [0.15, 0.2) is 0 Å². The fourth-order valence-electron chi connectivity index (χ4n) is 2.66. The van der Waals surface area contributed by atoms with Gasteiger partial charge in [-0.1, -0.05) is 32.6 Å². The van der Waals surface area contributed by atoms with E-state index in [0.29, 0.717) is 18.4 Å². The van der Waals surface area contributed by atoms with Crippen molar-refractivity contribution in [1.29, 1.82) is 0 Å². The van der Waals surface area contributed by atoms with Gasteiger partial charge in [-0.3, -0.25) is 0 Å². The van der Waals surface area contributed by atoms with Gasteiger partial charge in [-0.25, -0.2) is 0 Å². The molecule has 2 heteroatoms. The molecule has 2 unspecified atom stereocenters. The van der Waals surface area contributed by atoms with Crippen LogP contribution < -0.4 is 5.73 Å². The number of hydrogen-bond donors (Lipinski definition) is 2. The average molecular weight is 199 g/mol. The Kier molecular flexibility index (Phi) is 5.49. The van der Waals surface area contributed by atoms with E-state index in [-0.39, 0.29) is 6.10 Å². The van der Waals surface area contributed by atoms with Crippen molar-refractivity contribution in [2.75, 3.05) is 6.54 Å². The third kappa shape index (κ3) is 3.25. The summed E-state index contributed by atoms with van der Waals surface area (Å²) in [5, 5.41) is 10.2. The Morgan fingerprint density at radius 2 is 1.93 bits per heavy atom. The van der Waals surface area contributed by atoms with Gasteiger partial charge in [0.2, 0.25) is 0 Å². The zero-order valence-corrected chi connectivity index (χ0v) is 9.41. The van der Waals surface area contributed by atoms with E-state index in [4.69, 9.17) is 5.73 Å². The maximum Gasteiger partial charge on any atom is 0.0608 e. The highest BCUT2D eigenvalue weighted by molar-refractivity contribution is 4.79. The highest BCUT2D eigenvalue weighted by atomic mass is 16.3. The fraction of sp³-hybridized carbons (Fsp3) is 1.00. The van der Waals surface area contributed by atoms with Crippen molar-refractivity contribution in [3.05, 3.63) is 0 Å². The molecule has 2 atom stereocenters. The second-order valence-corrected chi connectivity index (χ2v) is 4.67. The van der Waals surface area contributed by atoms with Gasteiger partial charge in [-0.15, -0.1) is 0 Å². The minimum atomic E-state index is -0.139. The molecule has 84 valence electrons. The van der Waals surface area contributed by atoms with E-state index in [2.05, 4.69) is 6.92 Å². The summed E-state index contributed by atoms with van der Waals surface area (Å²) in [5.41, 5.74) is 5.71. The SMILES string of the molecule is CCCC(CN)C(O)C1CCCCC1. The predicted octanol–water partition coefficient (Wildman–Crippen LogP) is 2.30. The van der Waals surface area contributed by atoms with Crippen LogP contribution in [0.4, 0.5) is 0 Å². The van der Waals surface area contributed by atoms with E-state index in [1.54, 1.807) is 0 Å². The lowest BCUT2D eigenvalue weighted by Gasteiger charge is -2.31. The third-order valence-electron chi connectivity index (χ3n) is 3.58. The van der Waals surface area contributed by atoms with Crippen molar-refractivity contribution in [2.24, 2.45) is 17.6 Å². The normalized spacial score (nSPS) is 23.4. The molecule has 0 heterocycles. The molecular weight excluding hydrogens is 174 g/mol. The molecule has 1 saturated carbocycles. The lowest BCUT2D eigenvalue weighted by molar-refractivity contribution is 0.0327. The third-order valence-corrected chi connectivity index (χ3v) is 3.58. The van der Waals surface area contributed by atoms with Crippen LogP contribution in [0.1, 0.15) is 51.9 Å². The first-order valence-corrected chi connectivity index (χ1v) is 6.17. The smallest absolute Gasteiger partial charge is 0.0608 e. The Morgan fingerprint density at radius 3 is 2.43 bits per heavy atom. The maximum absolute atomic E-state index is 10.2. The van der Waals surface area contributed by atoms with Crippen LogP contribution >= 0.6 is 0 Å². The van der Waals surface area contributed by atoms with Crippen LogP contribution in [0.3, 0.4) is 0 Å². The summed E-state index contributed by atoms with van der Waals surface area (Å²) in [6, 6.07) is 0. The lowest BCUT2D eigenvalue weighted by Crippen LogP contribution is -2.35. The van der Waals surface area contributed by atoms with Crippen LogP contribution in [0, 0.1) is 11.8 Å². The van der Waals surface area contributed by atoms with E-state index < -0.39 is 0 Å². The molecule has 0 bridgehead atoms. The first-order chi connectivity index (χ1) is 6.79. The van der Waals surface area contributed by atoms with Gasteiger partial charge < -0.3 is 10.8 Å². The number of aliphatic hydroxyl groups is 1. The summed E-state index contributed by atoms with van der Waals surface area (Å²) in [6.07, 6.45) is 8.43. The van der Waals surface area contributed by atoms with Gasteiger partial charge in [-0.05, 0) is 37.6 Å². The lowest BCUT2D eigenvalue weighted by atomic mass is 9.79. The van der Waals surface area contributed by atoms with Gasteiger partial charge in [0.25, 0.3) is 0 Å². The summed E-state index contributed by atoms with van der Waals surface area (Å²) >= 11 is 0. The molecule has 1 fully saturated rings. The second-order valence-electron chi connectivity index (χ2n) is 4.67. The first-order valence-electron chi connectivity index (χ1n) is 6.17. The molecule has 0 amide bonds. The van der Waals surface area contributed by atoms with E-state index in [1.165, 1.54) is 32.1 Å². The number of hydrogen-bond acceptors (Lipinski definition) is 2. The number of rotatable bonds is 5. The molecule has 0 saturated heterocycles. The van der Waals surface area contributed by atoms with E-state index >= 15 is 0 Å². The van der Waals surface area contributed by atoms with Crippen molar-refractivity contribution >= 4 is 0 Å². The number of nitrogens with two attached hydrogens (primary N) is 1. The van der Waals surface area contributed by atoms with Crippen molar-refractivity contribution in [3.63, 3.8) is 0 Å². The van der Waals surface area contributed by atoms with E-state index in [1.807, 2.05) is 0 Å². The van der Waals surface area contributed by atoms with Gasteiger partial charge in [-0.2, -0.15) is 0 Å². The highest BCUT2D eigenvalue weighted by Gasteiger charge is 2.27. The monoisotopic (exact) mass is 199 g/mol.